The predicted octanol–water partition coefficient (Wildman–Crippen LogP) is 1.22. The molecule has 0 aliphatic carbocycles. The SMILES string of the molecule is Cc1[nH]ncc1C(C)NCCCN1CCC(O)CC1. The second-order valence-electron chi connectivity index (χ2n) is 5.55. The lowest BCUT2D eigenvalue weighted by atomic mass is 10.1. The summed E-state index contributed by atoms with van der Waals surface area (Å²) in [4.78, 5) is 2.45. The maximum absolute atomic E-state index is 9.46. The summed E-state index contributed by atoms with van der Waals surface area (Å²) in [7, 11) is 0. The number of rotatable bonds is 6. The Morgan fingerprint density at radius 1 is 1.53 bits per heavy atom. The number of hydrogen-bond donors (Lipinski definition) is 3. The number of nitrogens with zero attached hydrogens (tertiary/aromatic N) is 2. The van der Waals surface area contributed by atoms with Crippen LogP contribution in [0, 0.1) is 6.92 Å². The maximum atomic E-state index is 9.46. The summed E-state index contributed by atoms with van der Waals surface area (Å²) >= 11 is 0. The van der Waals surface area contributed by atoms with Gasteiger partial charge in [-0.1, -0.05) is 0 Å². The predicted molar refractivity (Wildman–Crippen MR) is 76.0 cm³/mol. The molecule has 0 spiro atoms. The van der Waals surface area contributed by atoms with Crippen LogP contribution in [-0.2, 0) is 0 Å². The Labute approximate surface area is 115 Å². The highest BCUT2D eigenvalue weighted by Crippen LogP contribution is 2.14. The van der Waals surface area contributed by atoms with E-state index in [4.69, 9.17) is 0 Å². The molecule has 1 fully saturated rings. The van der Waals surface area contributed by atoms with Crippen LogP contribution in [0.1, 0.15) is 43.5 Å². The van der Waals surface area contributed by atoms with Crippen LogP contribution in [0.3, 0.4) is 0 Å². The minimum atomic E-state index is -0.0709. The third-order valence-corrected chi connectivity index (χ3v) is 3.99. The fourth-order valence-electron chi connectivity index (χ4n) is 2.67. The van der Waals surface area contributed by atoms with E-state index >= 15 is 0 Å². The summed E-state index contributed by atoms with van der Waals surface area (Å²) in [6.45, 7) is 8.45. The summed E-state index contributed by atoms with van der Waals surface area (Å²) in [5, 5.41) is 20.0. The van der Waals surface area contributed by atoms with E-state index in [1.54, 1.807) is 0 Å². The van der Waals surface area contributed by atoms with Gasteiger partial charge in [0.2, 0.25) is 0 Å². The van der Waals surface area contributed by atoms with Crippen molar-refractivity contribution in [1.29, 1.82) is 0 Å². The van der Waals surface area contributed by atoms with Crippen molar-refractivity contribution < 1.29 is 5.11 Å². The zero-order chi connectivity index (χ0) is 13.7. The first-order valence-electron chi connectivity index (χ1n) is 7.30. The minimum Gasteiger partial charge on any atom is -0.393 e. The van der Waals surface area contributed by atoms with Gasteiger partial charge >= 0.3 is 0 Å². The summed E-state index contributed by atoms with van der Waals surface area (Å²) in [6.07, 6.45) is 4.84. The Hall–Kier alpha value is -0.910. The van der Waals surface area contributed by atoms with E-state index in [0.29, 0.717) is 6.04 Å². The summed E-state index contributed by atoms with van der Waals surface area (Å²) in [5.41, 5.74) is 2.39. The molecule has 0 aromatic carbocycles. The molecule has 1 atom stereocenters. The quantitative estimate of drug-likeness (QED) is 0.677. The molecule has 19 heavy (non-hydrogen) atoms. The van der Waals surface area contributed by atoms with Crippen LogP contribution in [0.15, 0.2) is 6.20 Å². The van der Waals surface area contributed by atoms with E-state index in [1.807, 2.05) is 6.20 Å². The number of aliphatic hydroxyl groups excluding tert-OH is 1. The highest BCUT2D eigenvalue weighted by atomic mass is 16.3. The van der Waals surface area contributed by atoms with Crippen molar-refractivity contribution >= 4 is 0 Å². The van der Waals surface area contributed by atoms with Crippen molar-refractivity contribution in [2.75, 3.05) is 26.2 Å². The molecule has 0 bridgehead atoms. The van der Waals surface area contributed by atoms with Gasteiger partial charge in [-0.05, 0) is 46.2 Å². The molecule has 0 amide bonds. The number of hydrogen-bond acceptors (Lipinski definition) is 4. The normalized spacial score (nSPS) is 19.7. The van der Waals surface area contributed by atoms with E-state index in [9.17, 15) is 5.11 Å². The molecule has 1 aliphatic heterocycles. The van der Waals surface area contributed by atoms with E-state index in [1.165, 1.54) is 5.56 Å². The molecule has 2 heterocycles. The van der Waals surface area contributed by atoms with Crippen LogP contribution in [-0.4, -0.2) is 52.5 Å². The fraction of sp³-hybridized carbons (Fsp3) is 0.786. The lowest BCUT2D eigenvalue weighted by molar-refractivity contribution is 0.0820. The van der Waals surface area contributed by atoms with Gasteiger partial charge in [0.15, 0.2) is 0 Å². The van der Waals surface area contributed by atoms with Crippen molar-refractivity contribution in [3.63, 3.8) is 0 Å². The third-order valence-electron chi connectivity index (χ3n) is 3.99. The van der Waals surface area contributed by atoms with Crippen LogP contribution < -0.4 is 5.32 Å². The van der Waals surface area contributed by atoms with E-state index < -0.39 is 0 Å². The molecular weight excluding hydrogens is 240 g/mol. The number of aromatic nitrogens is 2. The second kappa shape index (κ2) is 7.03. The van der Waals surface area contributed by atoms with Gasteiger partial charge in [-0.25, -0.2) is 0 Å². The van der Waals surface area contributed by atoms with Gasteiger partial charge in [0, 0.05) is 30.4 Å². The first-order valence-corrected chi connectivity index (χ1v) is 7.30. The average molecular weight is 266 g/mol. The molecular formula is C14H26N4O. The fourth-order valence-corrected chi connectivity index (χ4v) is 2.67. The molecule has 1 saturated heterocycles. The Bertz CT molecular complexity index is 371. The monoisotopic (exact) mass is 266 g/mol. The van der Waals surface area contributed by atoms with Crippen LogP contribution in [0.5, 0.6) is 0 Å². The number of nitrogens with one attached hydrogen (secondary N) is 2. The van der Waals surface area contributed by atoms with Crippen molar-refractivity contribution in [3.8, 4) is 0 Å². The van der Waals surface area contributed by atoms with Crippen molar-refractivity contribution in [2.45, 2.75) is 45.3 Å². The molecule has 2 rings (SSSR count). The molecule has 1 unspecified atom stereocenters. The Balaban J connectivity index is 1.60. The molecule has 5 nitrogen and oxygen atoms in total. The summed E-state index contributed by atoms with van der Waals surface area (Å²) < 4.78 is 0. The van der Waals surface area contributed by atoms with Gasteiger partial charge in [-0.2, -0.15) is 5.10 Å². The Morgan fingerprint density at radius 2 is 2.26 bits per heavy atom. The Morgan fingerprint density at radius 3 is 2.89 bits per heavy atom. The largest absolute Gasteiger partial charge is 0.393 e. The molecule has 0 saturated carbocycles. The lowest BCUT2D eigenvalue weighted by Crippen LogP contribution is -2.37. The van der Waals surface area contributed by atoms with Crippen molar-refractivity contribution in [3.05, 3.63) is 17.5 Å². The molecule has 1 aliphatic rings. The topological polar surface area (TPSA) is 64.2 Å². The minimum absolute atomic E-state index is 0.0709. The van der Waals surface area contributed by atoms with Crippen LogP contribution in [0.2, 0.25) is 0 Å². The van der Waals surface area contributed by atoms with Crippen molar-refractivity contribution in [1.82, 2.24) is 20.4 Å². The van der Waals surface area contributed by atoms with Crippen LogP contribution in [0.4, 0.5) is 0 Å². The highest BCUT2D eigenvalue weighted by Gasteiger charge is 2.16. The van der Waals surface area contributed by atoms with Gasteiger partial charge < -0.3 is 15.3 Å². The third kappa shape index (κ3) is 4.30. The molecule has 108 valence electrons. The maximum Gasteiger partial charge on any atom is 0.0564 e. The summed E-state index contributed by atoms with van der Waals surface area (Å²) in [5.74, 6) is 0. The van der Waals surface area contributed by atoms with E-state index in [2.05, 4.69) is 34.3 Å². The standard InChI is InChI=1S/C14H26N4O/c1-11(14-10-16-17-12(14)2)15-6-3-7-18-8-4-13(19)5-9-18/h10-11,13,15,19H,3-9H2,1-2H3,(H,16,17). The lowest BCUT2D eigenvalue weighted by Gasteiger charge is -2.29. The number of H-pyrrole nitrogens is 1. The van der Waals surface area contributed by atoms with Crippen LogP contribution >= 0.6 is 0 Å². The number of likely N-dealkylation sites (tertiary alicyclic amines) is 1. The van der Waals surface area contributed by atoms with Gasteiger partial charge in [-0.15, -0.1) is 0 Å². The second-order valence-corrected chi connectivity index (χ2v) is 5.55. The molecule has 1 aromatic rings. The smallest absolute Gasteiger partial charge is 0.0564 e. The highest BCUT2D eigenvalue weighted by molar-refractivity contribution is 5.18. The molecule has 3 N–H and O–H groups in total. The number of aliphatic hydroxyl groups is 1. The number of piperidine rings is 1. The number of aryl methyl sites for hydroxylation is 1. The first kappa shape index (κ1) is 14.5. The molecule has 1 aromatic heterocycles. The average Bonchev–Trinajstić information content (AvgIpc) is 2.83. The zero-order valence-electron chi connectivity index (χ0n) is 12.0. The summed E-state index contributed by atoms with van der Waals surface area (Å²) in [6, 6.07) is 0.349. The first-order chi connectivity index (χ1) is 9.16. The molecule has 5 heteroatoms. The van der Waals surface area contributed by atoms with Crippen molar-refractivity contribution in [2.24, 2.45) is 0 Å². The number of aromatic amines is 1. The van der Waals surface area contributed by atoms with Gasteiger partial charge in [-0.3, -0.25) is 5.10 Å². The van der Waals surface area contributed by atoms with Gasteiger partial charge in [0.05, 0.1) is 12.3 Å². The van der Waals surface area contributed by atoms with Crippen LogP contribution in [0.25, 0.3) is 0 Å². The Kier molecular flexibility index (Phi) is 5.36. The zero-order valence-corrected chi connectivity index (χ0v) is 12.0. The van der Waals surface area contributed by atoms with E-state index in [0.717, 1.165) is 51.1 Å². The van der Waals surface area contributed by atoms with Gasteiger partial charge in [0.25, 0.3) is 0 Å². The van der Waals surface area contributed by atoms with E-state index in [-0.39, 0.29) is 6.10 Å². The van der Waals surface area contributed by atoms with Gasteiger partial charge in [0.1, 0.15) is 0 Å². The molecule has 0 radical (unpaired) electrons.